The maximum atomic E-state index is 15.7. The van der Waals surface area contributed by atoms with Crippen LogP contribution in [0, 0.1) is 46.4 Å². The average Bonchev–Trinajstić information content (AvgIpc) is 3.54. The Kier molecular flexibility index (Phi) is 8.78. The van der Waals surface area contributed by atoms with Crippen LogP contribution in [-0.4, -0.2) is 31.6 Å². The largest absolute Gasteiger partial charge is 0.374 e. The molecule has 1 heterocycles. The smallest absolute Gasteiger partial charge is 0.134 e. The fourth-order valence-electron chi connectivity index (χ4n) is 6.07. The summed E-state index contributed by atoms with van der Waals surface area (Å²) >= 11 is 0. The fraction of sp³-hybridized carbons (Fsp3) is 0.516. The van der Waals surface area contributed by atoms with Gasteiger partial charge in [-0.1, -0.05) is 27.4 Å². The highest BCUT2D eigenvalue weighted by Gasteiger charge is 2.60. The maximum absolute atomic E-state index is 15.7. The van der Waals surface area contributed by atoms with Crippen molar-refractivity contribution in [2.24, 2.45) is 23.2 Å². The maximum Gasteiger partial charge on any atom is 0.134 e. The predicted molar refractivity (Wildman–Crippen MR) is 143 cm³/mol. The number of benzene rings is 2. The van der Waals surface area contributed by atoms with Crippen molar-refractivity contribution in [3.05, 3.63) is 71.3 Å². The lowest BCUT2D eigenvalue weighted by molar-refractivity contribution is -0.110. The molecule has 2 aromatic rings. The van der Waals surface area contributed by atoms with Gasteiger partial charge in [0.25, 0.3) is 0 Å². The van der Waals surface area contributed by atoms with E-state index in [1.165, 1.54) is 6.07 Å². The highest BCUT2D eigenvalue weighted by atomic mass is 19.1. The molecule has 0 radical (unpaired) electrons. The van der Waals surface area contributed by atoms with Crippen molar-refractivity contribution in [3.63, 3.8) is 0 Å². The molecule has 1 N–H and O–H groups in total. The molecule has 3 nitrogen and oxygen atoms in total. The Balaban J connectivity index is 0.000000644. The van der Waals surface area contributed by atoms with Crippen molar-refractivity contribution in [3.8, 4) is 11.1 Å². The number of carbonyl (C=O) groups is 1. The summed E-state index contributed by atoms with van der Waals surface area (Å²) in [6.45, 7) is 11.7. The lowest BCUT2D eigenvalue weighted by Crippen LogP contribution is -2.41. The van der Waals surface area contributed by atoms with E-state index in [2.05, 4.69) is 18.8 Å². The van der Waals surface area contributed by atoms with Gasteiger partial charge >= 0.3 is 0 Å². The number of ether oxygens (including phenoxy) is 1. The van der Waals surface area contributed by atoms with Crippen LogP contribution in [0.25, 0.3) is 11.1 Å². The topological polar surface area (TPSA) is 38.3 Å². The molecule has 1 spiro atoms. The second kappa shape index (κ2) is 11.7. The van der Waals surface area contributed by atoms with E-state index in [-0.39, 0.29) is 53.4 Å². The van der Waals surface area contributed by atoms with Crippen LogP contribution in [0.4, 0.5) is 17.6 Å². The first-order valence-corrected chi connectivity index (χ1v) is 13.5. The van der Waals surface area contributed by atoms with Gasteiger partial charge in [0.2, 0.25) is 0 Å². The summed E-state index contributed by atoms with van der Waals surface area (Å²) in [5.41, 5.74) is 1.33. The highest BCUT2D eigenvalue weighted by molar-refractivity contribution is 5.65. The first-order chi connectivity index (χ1) is 18.1. The van der Waals surface area contributed by atoms with Crippen LogP contribution in [0.3, 0.4) is 0 Å². The van der Waals surface area contributed by atoms with Gasteiger partial charge in [-0.25, -0.2) is 17.6 Å². The first-order valence-electron chi connectivity index (χ1n) is 13.5. The molecular formula is C31H39F4NO2. The van der Waals surface area contributed by atoms with E-state index in [9.17, 15) is 18.0 Å². The summed E-state index contributed by atoms with van der Waals surface area (Å²) in [5, 5.41) is 3.63. The minimum Gasteiger partial charge on any atom is -0.374 e. The lowest BCUT2D eigenvalue weighted by Gasteiger charge is -2.35. The lowest BCUT2D eigenvalue weighted by atomic mass is 9.79. The van der Waals surface area contributed by atoms with E-state index in [0.717, 1.165) is 75.0 Å². The van der Waals surface area contributed by atoms with Gasteiger partial charge in [-0.15, -0.1) is 0 Å². The van der Waals surface area contributed by atoms with Gasteiger partial charge < -0.3 is 14.8 Å². The van der Waals surface area contributed by atoms with Crippen molar-refractivity contribution in [2.45, 2.75) is 65.0 Å². The second-order valence-electron chi connectivity index (χ2n) is 11.3. The van der Waals surface area contributed by atoms with E-state index in [1.54, 1.807) is 0 Å². The van der Waals surface area contributed by atoms with Crippen molar-refractivity contribution in [2.75, 3.05) is 13.2 Å². The number of aldehydes is 1. The normalized spacial score (nSPS) is 25.1. The van der Waals surface area contributed by atoms with Gasteiger partial charge in [0.05, 0.1) is 12.7 Å². The van der Waals surface area contributed by atoms with Gasteiger partial charge in [0.15, 0.2) is 0 Å². The van der Waals surface area contributed by atoms with Crippen molar-refractivity contribution in [1.82, 2.24) is 5.32 Å². The van der Waals surface area contributed by atoms with Crippen molar-refractivity contribution in [1.29, 1.82) is 0 Å². The van der Waals surface area contributed by atoms with E-state index in [1.807, 2.05) is 13.8 Å². The third-order valence-corrected chi connectivity index (χ3v) is 8.15. The number of rotatable bonds is 8. The third-order valence-electron chi connectivity index (χ3n) is 8.15. The minimum atomic E-state index is -0.828. The van der Waals surface area contributed by atoms with Crippen LogP contribution in [0.1, 0.15) is 53.4 Å². The van der Waals surface area contributed by atoms with E-state index in [4.69, 9.17) is 4.74 Å². The molecule has 208 valence electrons. The summed E-state index contributed by atoms with van der Waals surface area (Å²) in [6.07, 6.45) is 5.45. The van der Waals surface area contributed by atoms with Crippen LogP contribution < -0.4 is 5.32 Å². The first kappa shape index (κ1) is 28.5. The number of hydrogen-bond acceptors (Lipinski definition) is 3. The Bertz CT molecular complexity index is 1160. The molecule has 0 amide bonds. The number of nitrogens with one attached hydrogen (secondary N) is 1. The van der Waals surface area contributed by atoms with Crippen LogP contribution in [0.2, 0.25) is 0 Å². The molecule has 7 heteroatoms. The number of hydrogen-bond donors (Lipinski definition) is 1. The molecule has 3 aliphatic rings. The highest BCUT2D eigenvalue weighted by Crippen LogP contribution is 2.63. The third kappa shape index (κ3) is 6.04. The fourth-order valence-corrected chi connectivity index (χ4v) is 6.07. The van der Waals surface area contributed by atoms with Gasteiger partial charge in [0, 0.05) is 31.4 Å². The SMILES string of the molecule is C=C(C1CC2(CC2)[C@H](NCC)[C@@H]1Cc1cc(F)cc(-c2cc(F)cc(F)c2)c1F)[C@H]1CCO1.CC(C)C=O.[HH]. The predicted octanol–water partition coefficient (Wildman–Crippen LogP) is 7.28. The van der Waals surface area contributed by atoms with Crippen LogP contribution >= 0.6 is 0 Å². The zero-order chi connectivity index (χ0) is 27.6. The zero-order valence-corrected chi connectivity index (χ0v) is 22.3. The molecule has 1 aliphatic heterocycles. The Hall–Kier alpha value is -2.51. The second-order valence-corrected chi connectivity index (χ2v) is 11.3. The van der Waals surface area contributed by atoms with E-state index >= 15 is 4.39 Å². The summed E-state index contributed by atoms with van der Waals surface area (Å²) in [5.74, 6) is -2.51. The summed E-state index contributed by atoms with van der Waals surface area (Å²) in [4.78, 5) is 9.50. The summed E-state index contributed by atoms with van der Waals surface area (Å²) in [6, 6.07) is 5.18. The van der Waals surface area contributed by atoms with E-state index < -0.39 is 23.3 Å². The van der Waals surface area contributed by atoms with Crippen molar-refractivity contribution >= 4 is 6.29 Å². The summed E-state index contributed by atoms with van der Waals surface area (Å²) in [7, 11) is 0. The Labute approximate surface area is 224 Å². The molecule has 1 unspecified atom stereocenters. The molecule has 2 aromatic carbocycles. The summed E-state index contributed by atoms with van der Waals surface area (Å²) < 4.78 is 63.5. The average molecular weight is 534 g/mol. The molecule has 1 saturated heterocycles. The van der Waals surface area contributed by atoms with Crippen LogP contribution in [0.5, 0.6) is 0 Å². The standard InChI is InChI=1S/C27H29F4NO.C4H8O.H2/c1-3-32-26-22(23(14-27(26)5-6-27)15(2)24-4-7-33-24)11-17-10-20(30)13-21(25(17)31)16-8-18(28)12-19(29)9-16;1-4(2)3-5;/h8-10,12-13,22-24,26,32H,2-7,11,14H2,1H3;3-4H,1-2H3;1H/t22-,23?,24-,26-;;/m1../s1. The van der Waals surface area contributed by atoms with Crippen molar-refractivity contribution < 1.29 is 28.5 Å². The quantitative estimate of drug-likeness (QED) is 0.220. The molecule has 4 atom stereocenters. The van der Waals surface area contributed by atoms with Crippen LogP contribution in [0.15, 0.2) is 42.5 Å². The molecule has 5 rings (SSSR count). The Morgan fingerprint density at radius 3 is 2.24 bits per heavy atom. The molecule has 38 heavy (non-hydrogen) atoms. The minimum absolute atomic E-state index is 0. The molecule has 3 fully saturated rings. The molecular weight excluding hydrogens is 494 g/mol. The van der Waals surface area contributed by atoms with E-state index in [0.29, 0.717) is 6.42 Å². The molecule has 2 saturated carbocycles. The molecule has 2 aliphatic carbocycles. The Morgan fingerprint density at radius 2 is 1.74 bits per heavy atom. The zero-order valence-electron chi connectivity index (χ0n) is 22.3. The molecule has 0 aromatic heterocycles. The van der Waals surface area contributed by atoms with Gasteiger partial charge in [0.1, 0.15) is 29.6 Å². The Morgan fingerprint density at radius 1 is 1.13 bits per heavy atom. The van der Waals surface area contributed by atoms with Crippen LogP contribution in [-0.2, 0) is 16.0 Å². The number of halogens is 4. The number of carbonyl (C=O) groups excluding carboxylic acids is 1. The van der Waals surface area contributed by atoms with Gasteiger partial charge in [-0.3, -0.25) is 0 Å². The monoisotopic (exact) mass is 533 g/mol. The van der Waals surface area contributed by atoms with Gasteiger partial charge in [-0.05, 0) is 90.4 Å². The molecule has 0 bridgehead atoms. The van der Waals surface area contributed by atoms with Gasteiger partial charge in [-0.2, -0.15) is 0 Å².